The second kappa shape index (κ2) is 10.8. The largest absolute Gasteiger partial charge is 0.374 e. The summed E-state index contributed by atoms with van der Waals surface area (Å²) in [7, 11) is 0. The van der Waals surface area contributed by atoms with Crippen LogP contribution in [0.1, 0.15) is 110 Å². The van der Waals surface area contributed by atoms with Gasteiger partial charge in [-0.2, -0.15) is 0 Å². The molecule has 0 bridgehead atoms. The average molecular weight is 360 g/mol. The third kappa shape index (κ3) is 5.77. The molecule has 150 valence electrons. The predicted octanol–water partition coefficient (Wildman–Crippen LogP) is 7.57. The number of rotatable bonds is 10. The summed E-state index contributed by atoms with van der Waals surface area (Å²) in [5, 5.41) is 0. The van der Waals surface area contributed by atoms with Crippen LogP contribution in [0.3, 0.4) is 0 Å². The minimum absolute atomic E-state index is 0.861. The Kier molecular flexibility index (Phi) is 8.40. The summed E-state index contributed by atoms with van der Waals surface area (Å²) in [5.74, 6) is 3.92. The third-order valence-corrected chi connectivity index (χ3v) is 7.79. The standard InChI is InChI=1S/C25H45N/c1-3-5-7-9-21-11-13-23(14-12-21)20-26-18-17-24-19-22(10-8-6-4-2)15-16-25(24)26/h17-18,21-25H,3-16,19-20H2,1-2H3. The van der Waals surface area contributed by atoms with Crippen molar-refractivity contribution in [2.45, 2.75) is 116 Å². The first-order valence-corrected chi connectivity index (χ1v) is 12.2. The van der Waals surface area contributed by atoms with Crippen molar-refractivity contribution < 1.29 is 0 Å². The normalized spacial score (nSPS) is 34.2. The molecule has 3 aliphatic rings. The highest BCUT2D eigenvalue weighted by molar-refractivity contribution is 5.07. The van der Waals surface area contributed by atoms with Gasteiger partial charge < -0.3 is 4.90 Å². The van der Waals surface area contributed by atoms with E-state index in [2.05, 4.69) is 31.0 Å². The molecule has 1 heteroatoms. The monoisotopic (exact) mass is 359 g/mol. The fourth-order valence-corrected chi connectivity index (χ4v) is 6.06. The molecule has 1 heterocycles. The molecule has 1 aliphatic heterocycles. The highest BCUT2D eigenvalue weighted by Crippen LogP contribution is 2.41. The van der Waals surface area contributed by atoms with Gasteiger partial charge in [0.15, 0.2) is 0 Å². The van der Waals surface area contributed by atoms with E-state index in [4.69, 9.17) is 0 Å². The van der Waals surface area contributed by atoms with Crippen molar-refractivity contribution in [2.24, 2.45) is 23.7 Å². The lowest BCUT2D eigenvalue weighted by Gasteiger charge is -2.39. The Balaban J connectivity index is 1.35. The highest BCUT2D eigenvalue weighted by atomic mass is 15.2. The first-order chi connectivity index (χ1) is 12.8. The van der Waals surface area contributed by atoms with Crippen molar-refractivity contribution in [3.63, 3.8) is 0 Å². The lowest BCUT2D eigenvalue weighted by Crippen LogP contribution is -2.39. The maximum atomic E-state index is 2.77. The van der Waals surface area contributed by atoms with E-state index in [1.807, 2.05) is 0 Å². The van der Waals surface area contributed by atoms with Crippen molar-refractivity contribution in [1.29, 1.82) is 0 Å². The van der Waals surface area contributed by atoms with Crippen LogP contribution in [-0.2, 0) is 0 Å². The van der Waals surface area contributed by atoms with Crippen molar-refractivity contribution in [3.8, 4) is 0 Å². The Labute approximate surface area is 164 Å². The predicted molar refractivity (Wildman–Crippen MR) is 114 cm³/mol. The van der Waals surface area contributed by atoms with E-state index in [9.17, 15) is 0 Å². The summed E-state index contributed by atoms with van der Waals surface area (Å²) < 4.78 is 0. The fourth-order valence-electron chi connectivity index (χ4n) is 6.06. The van der Waals surface area contributed by atoms with Gasteiger partial charge in [-0.1, -0.05) is 84.1 Å². The molecule has 26 heavy (non-hydrogen) atoms. The van der Waals surface area contributed by atoms with E-state index in [0.717, 1.165) is 29.7 Å². The Bertz CT molecular complexity index is 406. The summed E-state index contributed by atoms with van der Waals surface area (Å²) in [5.41, 5.74) is 0. The maximum absolute atomic E-state index is 2.77. The quantitative estimate of drug-likeness (QED) is 0.364. The van der Waals surface area contributed by atoms with Crippen molar-refractivity contribution in [3.05, 3.63) is 12.3 Å². The van der Waals surface area contributed by atoms with Crippen LogP contribution in [0, 0.1) is 23.7 Å². The van der Waals surface area contributed by atoms with Gasteiger partial charge in [0.25, 0.3) is 0 Å². The van der Waals surface area contributed by atoms with E-state index in [-0.39, 0.29) is 0 Å². The number of unbranched alkanes of at least 4 members (excludes halogenated alkanes) is 4. The van der Waals surface area contributed by atoms with Crippen molar-refractivity contribution in [2.75, 3.05) is 6.54 Å². The van der Waals surface area contributed by atoms with Crippen molar-refractivity contribution in [1.82, 2.24) is 4.90 Å². The Hall–Kier alpha value is -0.460. The minimum atomic E-state index is 0.861. The van der Waals surface area contributed by atoms with Crippen LogP contribution in [0.25, 0.3) is 0 Å². The number of nitrogens with zero attached hydrogens (tertiary/aromatic N) is 1. The smallest absolute Gasteiger partial charge is 0.0347 e. The molecule has 3 unspecified atom stereocenters. The molecule has 1 nitrogen and oxygen atoms in total. The average Bonchev–Trinajstić information content (AvgIpc) is 3.06. The van der Waals surface area contributed by atoms with E-state index < -0.39 is 0 Å². The molecule has 2 fully saturated rings. The minimum Gasteiger partial charge on any atom is -0.374 e. The van der Waals surface area contributed by atoms with Crippen LogP contribution in [0.5, 0.6) is 0 Å². The number of hydrogen-bond donors (Lipinski definition) is 0. The van der Waals surface area contributed by atoms with Gasteiger partial charge in [0.05, 0.1) is 0 Å². The molecule has 0 amide bonds. The maximum Gasteiger partial charge on any atom is 0.0347 e. The van der Waals surface area contributed by atoms with E-state index in [1.165, 1.54) is 103 Å². The second-order valence-electron chi connectivity index (χ2n) is 9.83. The number of fused-ring (bicyclic) bond motifs is 1. The highest BCUT2D eigenvalue weighted by Gasteiger charge is 2.36. The topological polar surface area (TPSA) is 3.24 Å². The zero-order valence-electron chi connectivity index (χ0n) is 17.8. The molecule has 0 saturated heterocycles. The van der Waals surface area contributed by atoms with Gasteiger partial charge in [-0.3, -0.25) is 0 Å². The molecular formula is C25H45N. The Morgan fingerprint density at radius 3 is 2.04 bits per heavy atom. The molecule has 0 N–H and O–H groups in total. The van der Waals surface area contributed by atoms with Gasteiger partial charge >= 0.3 is 0 Å². The molecule has 0 radical (unpaired) electrons. The molecule has 0 spiro atoms. The molecule has 2 saturated carbocycles. The Morgan fingerprint density at radius 2 is 1.35 bits per heavy atom. The van der Waals surface area contributed by atoms with Crippen molar-refractivity contribution >= 4 is 0 Å². The molecule has 2 aliphatic carbocycles. The van der Waals surface area contributed by atoms with Crippen LogP contribution < -0.4 is 0 Å². The van der Waals surface area contributed by atoms with Gasteiger partial charge in [0.1, 0.15) is 0 Å². The van der Waals surface area contributed by atoms with Crippen LogP contribution in [-0.4, -0.2) is 17.5 Å². The second-order valence-corrected chi connectivity index (χ2v) is 9.83. The summed E-state index contributed by atoms with van der Waals surface area (Å²) >= 11 is 0. The lowest BCUT2D eigenvalue weighted by molar-refractivity contribution is 0.129. The van der Waals surface area contributed by atoms with Gasteiger partial charge in [-0.05, 0) is 62.0 Å². The summed E-state index contributed by atoms with van der Waals surface area (Å²) in [6.45, 7) is 6.01. The molecule has 0 aromatic heterocycles. The zero-order valence-corrected chi connectivity index (χ0v) is 17.8. The summed E-state index contributed by atoms with van der Waals surface area (Å²) in [6, 6.07) is 0.861. The summed E-state index contributed by atoms with van der Waals surface area (Å²) in [6.07, 6.45) is 27.1. The molecule has 0 aromatic carbocycles. The van der Waals surface area contributed by atoms with E-state index in [0.29, 0.717) is 0 Å². The fraction of sp³-hybridized carbons (Fsp3) is 0.920. The van der Waals surface area contributed by atoms with Gasteiger partial charge in [0.2, 0.25) is 0 Å². The first-order valence-electron chi connectivity index (χ1n) is 12.2. The molecule has 0 aromatic rings. The molecular weight excluding hydrogens is 314 g/mol. The molecule has 3 atom stereocenters. The van der Waals surface area contributed by atoms with Gasteiger partial charge in [-0.15, -0.1) is 0 Å². The number of hydrogen-bond acceptors (Lipinski definition) is 1. The zero-order chi connectivity index (χ0) is 18.2. The third-order valence-electron chi connectivity index (χ3n) is 7.79. The molecule has 3 rings (SSSR count). The van der Waals surface area contributed by atoms with E-state index in [1.54, 1.807) is 0 Å². The van der Waals surface area contributed by atoms with Crippen LogP contribution >= 0.6 is 0 Å². The SMILES string of the molecule is CCCCCC1CCC(CN2C=CC3CC(CCCCC)CCC32)CC1. The summed E-state index contributed by atoms with van der Waals surface area (Å²) in [4.78, 5) is 2.77. The van der Waals surface area contributed by atoms with E-state index >= 15 is 0 Å². The lowest BCUT2D eigenvalue weighted by atomic mass is 9.76. The van der Waals surface area contributed by atoms with Crippen LogP contribution in [0.4, 0.5) is 0 Å². The first kappa shape index (κ1) is 20.3. The van der Waals surface area contributed by atoms with Gasteiger partial charge in [0, 0.05) is 12.6 Å². The van der Waals surface area contributed by atoms with Crippen LogP contribution in [0.2, 0.25) is 0 Å². The Morgan fingerprint density at radius 1 is 0.731 bits per heavy atom. The van der Waals surface area contributed by atoms with Gasteiger partial charge in [-0.25, -0.2) is 0 Å². The van der Waals surface area contributed by atoms with Crippen LogP contribution in [0.15, 0.2) is 12.3 Å².